The van der Waals surface area contributed by atoms with E-state index in [0.717, 1.165) is 0 Å². The zero-order valence-corrected chi connectivity index (χ0v) is 10.3. The molecule has 0 heterocycles. The summed E-state index contributed by atoms with van der Waals surface area (Å²) in [7, 11) is 0. The standard InChI is InChI=1S/C16H6N4/c1-2-15(13(8-17)9-18)16(14(10-19)11-20)12-6-4-3-5-7-12/h1,3-7H. The maximum atomic E-state index is 9.04. The van der Waals surface area contributed by atoms with Gasteiger partial charge < -0.3 is 0 Å². The van der Waals surface area contributed by atoms with Gasteiger partial charge in [-0.15, -0.1) is 6.42 Å². The van der Waals surface area contributed by atoms with Gasteiger partial charge in [-0.1, -0.05) is 36.3 Å². The van der Waals surface area contributed by atoms with Gasteiger partial charge in [-0.05, 0) is 5.56 Å². The van der Waals surface area contributed by atoms with Gasteiger partial charge in [-0.2, -0.15) is 21.0 Å². The molecule has 1 aromatic carbocycles. The molecular formula is C16H6N4. The summed E-state index contributed by atoms with van der Waals surface area (Å²) in [5.74, 6) is 2.23. The van der Waals surface area contributed by atoms with Gasteiger partial charge >= 0.3 is 0 Å². The number of benzene rings is 1. The number of nitriles is 4. The Hall–Kier alpha value is -3.78. The van der Waals surface area contributed by atoms with Crippen LogP contribution in [0.15, 0.2) is 47.1 Å². The fraction of sp³-hybridized carbons (Fsp3) is 0. The minimum atomic E-state index is -0.311. The van der Waals surface area contributed by atoms with Gasteiger partial charge in [0, 0.05) is 5.57 Å². The van der Waals surface area contributed by atoms with Crippen LogP contribution >= 0.6 is 0 Å². The van der Waals surface area contributed by atoms with Crippen molar-refractivity contribution in [2.24, 2.45) is 0 Å². The largest absolute Gasteiger partial charge is 0.192 e. The van der Waals surface area contributed by atoms with Crippen LogP contribution < -0.4 is 0 Å². The van der Waals surface area contributed by atoms with Crippen molar-refractivity contribution in [3.63, 3.8) is 0 Å². The van der Waals surface area contributed by atoms with Gasteiger partial charge in [0.1, 0.15) is 35.4 Å². The third-order valence-electron chi connectivity index (χ3n) is 2.40. The molecule has 4 nitrogen and oxygen atoms in total. The van der Waals surface area contributed by atoms with Crippen LogP contribution in [-0.2, 0) is 0 Å². The average Bonchev–Trinajstić information content (AvgIpc) is 2.51. The average molecular weight is 254 g/mol. The van der Waals surface area contributed by atoms with E-state index in [1.807, 2.05) is 0 Å². The minimum absolute atomic E-state index is 0.0562. The number of terminal acetylenes is 1. The van der Waals surface area contributed by atoms with E-state index in [-0.39, 0.29) is 22.3 Å². The molecule has 0 saturated heterocycles. The number of hydrogen-bond donors (Lipinski definition) is 0. The van der Waals surface area contributed by atoms with Crippen LogP contribution in [0.25, 0.3) is 5.57 Å². The van der Waals surface area contributed by atoms with Crippen LogP contribution in [-0.4, -0.2) is 0 Å². The van der Waals surface area contributed by atoms with Crippen LogP contribution in [0.4, 0.5) is 0 Å². The van der Waals surface area contributed by atoms with Gasteiger partial charge in [0.15, 0.2) is 0 Å². The highest BCUT2D eigenvalue weighted by Gasteiger charge is 2.17. The van der Waals surface area contributed by atoms with E-state index in [9.17, 15) is 0 Å². The van der Waals surface area contributed by atoms with E-state index >= 15 is 0 Å². The summed E-state index contributed by atoms with van der Waals surface area (Å²) in [4.78, 5) is 0. The van der Waals surface area contributed by atoms with Crippen molar-refractivity contribution < 1.29 is 0 Å². The van der Waals surface area contributed by atoms with Crippen LogP contribution in [0.3, 0.4) is 0 Å². The molecule has 0 aliphatic carbocycles. The topological polar surface area (TPSA) is 95.2 Å². The first-order valence-electron chi connectivity index (χ1n) is 5.34. The van der Waals surface area contributed by atoms with E-state index in [0.29, 0.717) is 5.56 Å². The first-order valence-corrected chi connectivity index (χ1v) is 5.34. The Morgan fingerprint density at radius 3 is 1.70 bits per heavy atom. The second kappa shape index (κ2) is 6.83. The van der Waals surface area contributed by atoms with E-state index in [1.165, 1.54) is 0 Å². The van der Waals surface area contributed by atoms with Crippen LogP contribution in [0, 0.1) is 57.7 Å². The Balaban J connectivity index is 3.84. The third kappa shape index (κ3) is 2.72. The summed E-state index contributed by atoms with van der Waals surface area (Å²) < 4.78 is 0. The second-order valence-corrected chi connectivity index (χ2v) is 3.46. The molecule has 0 N–H and O–H groups in total. The van der Waals surface area contributed by atoms with Crippen LogP contribution in [0.1, 0.15) is 5.56 Å². The van der Waals surface area contributed by atoms with Gasteiger partial charge in [0.2, 0.25) is 0 Å². The predicted molar refractivity (Wildman–Crippen MR) is 71.7 cm³/mol. The summed E-state index contributed by atoms with van der Waals surface area (Å²) in [5, 5.41) is 36.0. The van der Waals surface area contributed by atoms with E-state index in [2.05, 4.69) is 5.92 Å². The van der Waals surface area contributed by atoms with E-state index in [4.69, 9.17) is 27.5 Å². The Morgan fingerprint density at radius 2 is 1.30 bits per heavy atom. The van der Waals surface area contributed by atoms with Gasteiger partial charge in [0.25, 0.3) is 0 Å². The lowest BCUT2D eigenvalue weighted by Gasteiger charge is -2.07. The maximum absolute atomic E-state index is 9.04. The number of hydrogen-bond acceptors (Lipinski definition) is 4. The van der Waals surface area contributed by atoms with Crippen LogP contribution in [0.2, 0.25) is 0 Å². The quantitative estimate of drug-likeness (QED) is 0.460. The molecule has 0 aliphatic rings. The maximum Gasteiger partial charge on any atom is 0.145 e. The van der Waals surface area contributed by atoms with Crippen molar-refractivity contribution in [3.05, 3.63) is 52.6 Å². The lowest BCUT2D eigenvalue weighted by Crippen LogP contribution is -1.96. The van der Waals surface area contributed by atoms with Crippen molar-refractivity contribution in [1.29, 1.82) is 21.0 Å². The fourth-order valence-electron chi connectivity index (χ4n) is 1.56. The van der Waals surface area contributed by atoms with Gasteiger partial charge in [-0.3, -0.25) is 0 Å². The Labute approximate surface area is 116 Å². The highest BCUT2D eigenvalue weighted by Crippen LogP contribution is 2.28. The molecule has 0 radical (unpaired) electrons. The summed E-state index contributed by atoms with van der Waals surface area (Å²) in [6, 6.07) is 15.3. The molecule has 0 fully saturated rings. The molecule has 0 atom stereocenters. The van der Waals surface area contributed by atoms with Crippen molar-refractivity contribution in [2.45, 2.75) is 0 Å². The zero-order chi connectivity index (χ0) is 15.0. The molecule has 90 valence electrons. The molecule has 1 rings (SSSR count). The number of allylic oxidation sites excluding steroid dienone is 4. The SMILES string of the molecule is C#CC(=C(C#N)C#N)C(=C(C#N)C#N)c1ccccc1. The normalized spacial score (nSPS) is 7.75. The van der Waals surface area contributed by atoms with E-state index in [1.54, 1.807) is 54.6 Å². The first kappa shape index (κ1) is 14.3. The molecular weight excluding hydrogens is 248 g/mol. The lowest BCUT2D eigenvalue weighted by atomic mass is 9.91. The number of nitrogens with zero attached hydrogens (tertiary/aromatic N) is 4. The first-order chi connectivity index (χ1) is 9.73. The van der Waals surface area contributed by atoms with Crippen LogP contribution in [0.5, 0.6) is 0 Å². The van der Waals surface area contributed by atoms with Gasteiger partial charge in [0.05, 0.1) is 5.57 Å². The minimum Gasteiger partial charge on any atom is -0.192 e. The third-order valence-corrected chi connectivity index (χ3v) is 2.40. The number of rotatable bonds is 2. The van der Waals surface area contributed by atoms with Gasteiger partial charge in [-0.25, -0.2) is 0 Å². The molecule has 1 aromatic rings. The highest BCUT2D eigenvalue weighted by molar-refractivity contribution is 5.91. The molecule has 0 aromatic heterocycles. The Morgan fingerprint density at radius 1 is 0.800 bits per heavy atom. The molecule has 0 aliphatic heterocycles. The molecule has 0 amide bonds. The predicted octanol–water partition coefficient (Wildman–Crippen LogP) is 2.46. The Bertz CT molecular complexity index is 760. The monoisotopic (exact) mass is 254 g/mol. The van der Waals surface area contributed by atoms with E-state index < -0.39 is 0 Å². The van der Waals surface area contributed by atoms with Crippen molar-refractivity contribution in [2.75, 3.05) is 0 Å². The smallest absolute Gasteiger partial charge is 0.145 e. The highest BCUT2D eigenvalue weighted by atomic mass is 14.3. The molecule has 0 spiro atoms. The summed E-state index contributed by atoms with van der Waals surface area (Å²) in [6.45, 7) is 0. The molecule has 0 saturated carbocycles. The lowest BCUT2D eigenvalue weighted by molar-refractivity contribution is 1.42. The zero-order valence-electron chi connectivity index (χ0n) is 10.3. The fourth-order valence-corrected chi connectivity index (χ4v) is 1.56. The molecule has 4 heteroatoms. The van der Waals surface area contributed by atoms with Crippen molar-refractivity contribution in [3.8, 4) is 36.6 Å². The second-order valence-electron chi connectivity index (χ2n) is 3.46. The molecule has 0 unspecified atom stereocenters. The molecule has 20 heavy (non-hydrogen) atoms. The summed E-state index contributed by atoms with van der Waals surface area (Å²) >= 11 is 0. The Kier molecular flexibility index (Phi) is 4.88. The van der Waals surface area contributed by atoms with Crippen molar-refractivity contribution >= 4 is 5.57 Å². The summed E-state index contributed by atoms with van der Waals surface area (Å²) in [5.41, 5.74) is 0.0125. The summed E-state index contributed by atoms with van der Waals surface area (Å²) in [6.07, 6.45) is 5.35. The van der Waals surface area contributed by atoms with Crippen molar-refractivity contribution in [1.82, 2.24) is 0 Å². The molecule has 0 bridgehead atoms.